The minimum absolute atomic E-state index is 0.0743. The second kappa shape index (κ2) is 13.3. The molecule has 1 rings (SSSR count). The van der Waals surface area contributed by atoms with Crippen LogP contribution in [0, 0.1) is 0 Å². The average molecular weight is 652 g/mol. The maximum atomic E-state index is 13.9. The van der Waals surface area contributed by atoms with Crippen LogP contribution in [-0.2, 0) is 6.54 Å². The van der Waals surface area contributed by atoms with E-state index in [-0.39, 0.29) is 12.8 Å². The molecular formula is C24H27F17N+. The fourth-order valence-corrected chi connectivity index (χ4v) is 3.82. The molecule has 0 bridgehead atoms. The van der Waals surface area contributed by atoms with Crippen molar-refractivity contribution in [3.05, 3.63) is 30.6 Å². The fourth-order valence-electron chi connectivity index (χ4n) is 3.82. The molecule has 0 radical (unpaired) electrons. The molecule has 0 aliphatic heterocycles. The monoisotopic (exact) mass is 652 g/mol. The number of hydrogen-bond donors (Lipinski definition) is 0. The van der Waals surface area contributed by atoms with Gasteiger partial charge in [-0.25, -0.2) is 4.57 Å². The van der Waals surface area contributed by atoms with Crippen LogP contribution >= 0.6 is 0 Å². The summed E-state index contributed by atoms with van der Waals surface area (Å²) in [5.74, 6) is -55.8. The van der Waals surface area contributed by atoms with Gasteiger partial charge < -0.3 is 0 Å². The number of aryl methyl sites for hydroxylation is 1. The van der Waals surface area contributed by atoms with E-state index in [1.165, 1.54) is 0 Å². The first kappa shape index (κ1) is 38.0. The van der Waals surface area contributed by atoms with Crippen LogP contribution in [0.25, 0.3) is 0 Å². The first-order chi connectivity index (χ1) is 18.8. The van der Waals surface area contributed by atoms with Crippen LogP contribution in [0.3, 0.4) is 0 Å². The molecule has 1 aromatic rings. The molecule has 0 saturated heterocycles. The van der Waals surface area contributed by atoms with Gasteiger partial charge in [0.05, 0.1) is 0 Å². The molecule has 0 aliphatic rings. The van der Waals surface area contributed by atoms with Crippen LogP contribution in [0.1, 0.15) is 64.2 Å². The van der Waals surface area contributed by atoms with Crippen LogP contribution < -0.4 is 4.57 Å². The van der Waals surface area contributed by atoms with Gasteiger partial charge in [0, 0.05) is 25.0 Å². The number of nitrogens with zero attached hydrogens (tertiary/aromatic N) is 1. The molecule has 0 spiro atoms. The SMILES string of the molecule is FC(F)(F)C(F)(F)C(F)(F)C(F)(F)C(F)(F)C(F)(F)C(F)(F)C(F)(F)CCCCCCCCCCC[n+]1ccccc1. The number of alkyl halides is 17. The fraction of sp³-hybridized carbons (Fsp3) is 0.792. The largest absolute Gasteiger partial charge is 0.460 e. The summed E-state index contributed by atoms with van der Waals surface area (Å²) in [6.45, 7) is 0.769. The van der Waals surface area contributed by atoms with Crippen LogP contribution in [0.2, 0.25) is 0 Å². The highest BCUT2D eigenvalue weighted by Crippen LogP contribution is 2.64. The third kappa shape index (κ3) is 7.36. The number of rotatable bonds is 18. The van der Waals surface area contributed by atoms with Crippen molar-refractivity contribution >= 4 is 0 Å². The Morgan fingerprint density at radius 1 is 0.357 bits per heavy atom. The van der Waals surface area contributed by atoms with E-state index in [0.717, 1.165) is 25.8 Å². The Bertz CT molecular complexity index is 957. The zero-order valence-corrected chi connectivity index (χ0v) is 21.5. The first-order valence-electron chi connectivity index (χ1n) is 12.5. The van der Waals surface area contributed by atoms with Crippen molar-refractivity contribution in [2.75, 3.05) is 0 Å². The van der Waals surface area contributed by atoms with Gasteiger partial charge in [0.25, 0.3) is 0 Å². The van der Waals surface area contributed by atoms with Gasteiger partial charge in [0.1, 0.15) is 6.54 Å². The van der Waals surface area contributed by atoms with E-state index in [4.69, 9.17) is 0 Å². The summed E-state index contributed by atoms with van der Waals surface area (Å²) < 4.78 is 228. The van der Waals surface area contributed by atoms with Gasteiger partial charge in [-0.05, 0) is 12.8 Å². The van der Waals surface area contributed by atoms with Crippen molar-refractivity contribution in [1.82, 2.24) is 0 Å². The Morgan fingerprint density at radius 2 is 0.690 bits per heavy atom. The lowest BCUT2D eigenvalue weighted by Crippen LogP contribution is -2.74. The zero-order valence-electron chi connectivity index (χ0n) is 21.5. The quantitative estimate of drug-likeness (QED) is 0.0845. The maximum Gasteiger partial charge on any atom is 0.460 e. The van der Waals surface area contributed by atoms with E-state index < -0.39 is 60.5 Å². The molecule has 246 valence electrons. The molecule has 0 aromatic carbocycles. The molecule has 1 heterocycles. The van der Waals surface area contributed by atoms with Gasteiger partial charge in [-0.3, -0.25) is 0 Å². The van der Waals surface area contributed by atoms with Gasteiger partial charge >= 0.3 is 47.6 Å². The predicted octanol–water partition coefficient (Wildman–Crippen LogP) is 9.88. The highest BCUT2D eigenvalue weighted by Gasteiger charge is 2.95. The first-order valence-corrected chi connectivity index (χ1v) is 12.5. The van der Waals surface area contributed by atoms with E-state index >= 15 is 0 Å². The molecule has 18 heteroatoms. The van der Waals surface area contributed by atoms with E-state index in [0.29, 0.717) is 19.3 Å². The Hall–Kier alpha value is -2.04. The summed E-state index contributed by atoms with van der Waals surface area (Å²) in [4.78, 5) is 0. The number of unbranched alkanes of at least 4 members (excludes halogenated alkanes) is 8. The molecule has 1 nitrogen and oxygen atoms in total. The maximum absolute atomic E-state index is 13.9. The summed E-state index contributed by atoms with van der Waals surface area (Å²) >= 11 is 0. The van der Waals surface area contributed by atoms with Gasteiger partial charge in [-0.2, -0.15) is 74.6 Å². The summed E-state index contributed by atoms with van der Waals surface area (Å²) in [6.07, 6.45) is -3.58. The van der Waals surface area contributed by atoms with E-state index in [1.54, 1.807) is 0 Å². The molecule has 42 heavy (non-hydrogen) atoms. The Morgan fingerprint density at radius 3 is 1.10 bits per heavy atom. The molecule has 1 aromatic heterocycles. The van der Waals surface area contributed by atoms with Crippen molar-refractivity contribution in [2.45, 2.75) is 118 Å². The number of aromatic nitrogens is 1. The van der Waals surface area contributed by atoms with Crippen LogP contribution in [0.15, 0.2) is 30.6 Å². The topological polar surface area (TPSA) is 3.88 Å². The van der Waals surface area contributed by atoms with Gasteiger partial charge in [-0.1, -0.05) is 44.6 Å². The molecule has 0 atom stereocenters. The van der Waals surface area contributed by atoms with Gasteiger partial charge in [0.15, 0.2) is 12.4 Å². The van der Waals surface area contributed by atoms with Crippen LogP contribution in [0.4, 0.5) is 74.6 Å². The summed E-state index contributed by atoms with van der Waals surface area (Å²) in [7, 11) is 0. The second-order valence-electron chi connectivity index (χ2n) is 9.69. The lowest BCUT2D eigenvalue weighted by atomic mass is 9.87. The third-order valence-corrected chi connectivity index (χ3v) is 6.47. The Labute approximate surface area is 229 Å². The van der Waals surface area contributed by atoms with Gasteiger partial charge in [-0.15, -0.1) is 0 Å². The smallest absolute Gasteiger partial charge is 0.205 e. The van der Waals surface area contributed by atoms with Crippen molar-refractivity contribution < 1.29 is 79.2 Å². The number of hydrogen-bond acceptors (Lipinski definition) is 0. The third-order valence-electron chi connectivity index (χ3n) is 6.47. The molecule has 0 aliphatic carbocycles. The van der Waals surface area contributed by atoms with Crippen LogP contribution in [-0.4, -0.2) is 47.6 Å². The highest BCUT2D eigenvalue weighted by molar-refractivity contribution is 5.15. The molecule has 0 N–H and O–H groups in total. The summed E-state index contributed by atoms with van der Waals surface area (Å²) in [6, 6.07) is 5.55. The van der Waals surface area contributed by atoms with E-state index in [9.17, 15) is 74.6 Å². The lowest BCUT2D eigenvalue weighted by Gasteiger charge is -2.42. The molecule has 0 amide bonds. The molecular weight excluding hydrogens is 625 g/mol. The van der Waals surface area contributed by atoms with Gasteiger partial charge in [0.2, 0.25) is 0 Å². The molecule has 0 fully saturated rings. The standard InChI is InChI=1S/C24H27F17N/c25-17(26,13-9-6-4-2-1-3-5-7-10-14-42-15-11-8-12-16-42)18(27,28)19(29,30)20(31,32)21(33,34)22(35,36)23(37,38)24(39,40)41/h8,11-12,15-16H,1-7,9-10,13-14H2/q+1. The van der Waals surface area contributed by atoms with Crippen molar-refractivity contribution in [1.29, 1.82) is 0 Å². The Kier molecular flexibility index (Phi) is 12.0. The highest BCUT2D eigenvalue weighted by atomic mass is 19.4. The van der Waals surface area contributed by atoms with Crippen molar-refractivity contribution in [3.8, 4) is 0 Å². The predicted molar refractivity (Wildman–Crippen MR) is 113 cm³/mol. The zero-order chi connectivity index (χ0) is 32.9. The summed E-state index contributed by atoms with van der Waals surface area (Å²) in [5.41, 5.74) is 0. The Balaban J connectivity index is 2.70. The molecule has 0 unspecified atom stereocenters. The lowest BCUT2D eigenvalue weighted by molar-refractivity contribution is -0.697. The van der Waals surface area contributed by atoms with E-state index in [2.05, 4.69) is 0 Å². The minimum atomic E-state index is -8.58. The van der Waals surface area contributed by atoms with E-state index in [1.807, 2.05) is 35.2 Å². The second-order valence-corrected chi connectivity index (χ2v) is 9.69. The summed E-state index contributed by atoms with van der Waals surface area (Å²) in [5, 5.41) is 0. The normalized spacial score (nSPS) is 14.9. The van der Waals surface area contributed by atoms with Crippen molar-refractivity contribution in [3.63, 3.8) is 0 Å². The number of pyridine rings is 1. The average Bonchev–Trinajstić information content (AvgIpc) is 2.86. The minimum Gasteiger partial charge on any atom is -0.205 e. The number of halogens is 17. The van der Waals surface area contributed by atoms with Crippen molar-refractivity contribution in [2.24, 2.45) is 0 Å². The van der Waals surface area contributed by atoms with Crippen LogP contribution in [0.5, 0.6) is 0 Å². The molecule has 0 saturated carbocycles.